The lowest BCUT2D eigenvalue weighted by Crippen LogP contribution is -2.09. The second-order valence-corrected chi connectivity index (χ2v) is 2.75. The first-order valence-electron chi connectivity index (χ1n) is 3.73. The molecule has 0 aliphatic heterocycles. The molecule has 0 fully saturated rings. The third-order valence-corrected chi connectivity index (χ3v) is 1.63. The SMILES string of the molecule is CC(=O)C(=O)c1ccc(C)cc1. The monoisotopic (exact) mass is 162 g/mol. The molecular weight excluding hydrogens is 152 g/mol. The van der Waals surface area contributed by atoms with Gasteiger partial charge in [-0.3, -0.25) is 9.59 Å². The molecule has 1 rings (SSSR count). The van der Waals surface area contributed by atoms with Crippen LogP contribution in [0.25, 0.3) is 0 Å². The summed E-state index contributed by atoms with van der Waals surface area (Å²) in [5, 5.41) is 0. The Morgan fingerprint density at radius 1 is 1.08 bits per heavy atom. The normalized spacial score (nSPS) is 9.50. The zero-order chi connectivity index (χ0) is 9.14. The van der Waals surface area contributed by atoms with E-state index in [0.29, 0.717) is 5.56 Å². The van der Waals surface area contributed by atoms with Gasteiger partial charge in [-0.15, -0.1) is 0 Å². The van der Waals surface area contributed by atoms with E-state index in [2.05, 4.69) is 0 Å². The van der Waals surface area contributed by atoms with Crippen molar-refractivity contribution in [3.63, 3.8) is 0 Å². The van der Waals surface area contributed by atoms with Gasteiger partial charge in [0.2, 0.25) is 5.78 Å². The molecule has 0 aliphatic rings. The van der Waals surface area contributed by atoms with Crippen LogP contribution in [0.15, 0.2) is 24.3 Å². The van der Waals surface area contributed by atoms with Gasteiger partial charge >= 0.3 is 0 Å². The van der Waals surface area contributed by atoms with Crippen LogP contribution in [0.1, 0.15) is 22.8 Å². The van der Waals surface area contributed by atoms with Crippen molar-refractivity contribution >= 4 is 11.6 Å². The van der Waals surface area contributed by atoms with Crippen LogP contribution in [0.2, 0.25) is 0 Å². The number of carbonyl (C=O) groups excluding carboxylic acids is 2. The Labute approximate surface area is 71.2 Å². The van der Waals surface area contributed by atoms with Crippen LogP contribution in [0.3, 0.4) is 0 Å². The van der Waals surface area contributed by atoms with Crippen molar-refractivity contribution in [1.82, 2.24) is 0 Å². The van der Waals surface area contributed by atoms with Gasteiger partial charge in [0.05, 0.1) is 0 Å². The highest BCUT2D eigenvalue weighted by Crippen LogP contribution is 2.04. The van der Waals surface area contributed by atoms with Crippen LogP contribution in [0.5, 0.6) is 0 Å². The lowest BCUT2D eigenvalue weighted by Gasteiger charge is -1.96. The quantitative estimate of drug-likeness (QED) is 0.490. The maximum absolute atomic E-state index is 11.1. The van der Waals surface area contributed by atoms with E-state index in [1.165, 1.54) is 6.92 Å². The number of rotatable bonds is 2. The van der Waals surface area contributed by atoms with E-state index < -0.39 is 11.6 Å². The van der Waals surface area contributed by atoms with E-state index in [0.717, 1.165) is 5.56 Å². The fourth-order valence-electron chi connectivity index (χ4n) is 0.908. The summed E-state index contributed by atoms with van der Waals surface area (Å²) >= 11 is 0. The molecule has 12 heavy (non-hydrogen) atoms. The summed E-state index contributed by atoms with van der Waals surface area (Å²) in [7, 11) is 0. The fourth-order valence-corrected chi connectivity index (χ4v) is 0.908. The Morgan fingerprint density at radius 2 is 1.58 bits per heavy atom. The molecule has 1 aromatic carbocycles. The molecule has 0 saturated carbocycles. The molecule has 0 bridgehead atoms. The summed E-state index contributed by atoms with van der Waals surface area (Å²) in [5.41, 5.74) is 1.54. The summed E-state index contributed by atoms with van der Waals surface area (Å²) < 4.78 is 0. The van der Waals surface area contributed by atoms with Crippen molar-refractivity contribution in [2.45, 2.75) is 13.8 Å². The minimum atomic E-state index is -0.421. The van der Waals surface area contributed by atoms with Crippen LogP contribution in [-0.2, 0) is 4.79 Å². The van der Waals surface area contributed by atoms with E-state index in [1.807, 2.05) is 19.1 Å². The predicted molar refractivity (Wildman–Crippen MR) is 46.2 cm³/mol. The number of hydrogen-bond donors (Lipinski definition) is 0. The van der Waals surface area contributed by atoms with E-state index in [4.69, 9.17) is 0 Å². The van der Waals surface area contributed by atoms with Crippen molar-refractivity contribution < 1.29 is 9.59 Å². The zero-order valence-electron chi connectivity index (χ0n) is 7.13. The van der Waals surface area contributed by atoms with Crippen LogP contribution in [0, 0.1) is 6.92 Å². The van der Waals surface area contributed by atoms with Crippen LogP contribution in [-0.4, -0.2) is 11.6 Å². The first kappa shape index (κ1) is 8.65. The molecule has 0 atom stereocenters. The molecule has 2 nitrogen and oxygen atoms in total. The van der Waals surface area contributed by atoms with Crippen LogP contribution >= 0.6 is 0 Å². The molecule has 0 aliphatic carbocycles. The van der Waals surface area contributed by atoms with Gasteiger partial charge in [-0.2, -0.15) is 0 Å². The largest absolute Gasteiger partial charge is 0.291 e. The minimum Gasteiger partial charge on any atom is -0.291 e. The van der Waals surface area contributed by atoms with Gasteiger partial charge in [0.15, 0.2) is 5.78 Å². The second kappa shape index (κ2) is 3.30. The maximum atomic E-state index is 11.1. The van der Waals surface area contributed by atoms with Gasteiger partial charge in [0, 0.05) is 12.5 Å². The third-order valence-electron chi connectivity index (χ3n) is 1.63. The van der Waals surface area contributed by atoms with Crippen LogP contribution < -0.4 is 0 Å². The second-order valence-electron chi connectivity index (χ2n) is 2.75. The number of benzene rings is 1. The van der Waals surface area contributed by atoms with Crippen molar-refractivity contribution in [3.8, 4) is 0 Å². The van der Waals surface area contributed by atoms with E-state index in [9.17, 15) is 9.59 Å². The molecule has 0 radical (unpaired) electrons. The summed E-state index contributed by atoms with van der Waals surface area (Å²) in [4.78, 5) is 21.8. The minimum absolute atomic E-state index is 0.418. The smallest absolute Gasteiger partial charge is 0.228 e. The average Bonchev–Trinajstić information content (AvgIpc) is 2.04. The van der Waals surface area contributed by atoms with Gasteiger partial charge in [-0.1, -0.05) is 29.8 Å². The molecule has 0 unspecified atom stereocenters. The topological polar surface area (TPSA) is 34.1 Å². The lowest BCUT2D eigenvalue weighted by atomic mass is 10.1. The number of ketones is 2. The maximum Gasteiger partial charge on any atom is 0.228 e. The summed E-state index contributed by atoms with van der Waals surface area (Å²) in [6.45, 7) is 3.21. The fraction of sp³-hybridized carbons (Fsp3) is 0.200. The Morgan fingerprint density at radius 3 is 2.00 bits per heavy atom. The van der Waals surface area contributed by atoms with E-state index >= 15 is 0 Å². The van der Waals surface area contributed by atoms with Gasteiger partial charge in [0.25, 0.3) is 0 Å². The van der Waals surface area contributed by atoms with Crippen molar-refractivity contribution in [3.05, 3.63) is 35.4 Å². The summed E-state index contributed by atoms with van der Waals surface area (Å²) in [6.07, 6.45) is 0. The molecule has 0 saturated heterocycles. The van der Waals surface area contributed by atoms with Crippen molar-refractivity contribution in [2.75, 3.05) is 0 Å². The highest BCUT2D eigenvalue weighted by atomic mass is 16.2. The zero-order valence-corrected chi connectivity index (χ0v) is 7.13. The molecular formula is C10H10O2. The highest BCUT2D eigenvalue weighted by Gasteiger charge is 2.09. The Hall–Kier alpha value is -1.44. The highest BCUT2D eigenvalue weighted by molar-refractivity contribution is 6.42. The third kappa shape index (κ3) is 1.78. The molecule has 0 N–H and O–H groups in total. The molecule has 0 amide bonds. The van der Waals surface area contributed by atoms with Crippen molar-refractivity contribution in [2.24, 2.45) is 0 Å². The Kier molecular flexibility index (Phi) is 2.38. The molecule has 0 heterocycles. The molecule has 2 heteroatoms. The van der Waals surface area contributed by atoms with Gasteiger partial charge in [-0.25, -0.2) is 0 Å². The molecule has 62 valence electrons. The van der Waals surface area contributed by atoms with Gasteiger partial charge in [-0.05, 0) is 6.92 Å². The average molecular weight is 162 g/mol. The summed E-state index contributed by atoms with van der Waals surface area (Å²) in [6, 6.07) is 6.96. The Balaban J connectivity index is 2.98. The Bertz CT molecular complexity index is 309. The summed E-state index contributed by atoms with van der Waals surface area (Å²) in [5.74, 6) is -0.839. The first-order valence-corrected chi connectivity index (χ1v) is 3.73. The van der Waals surface area contributed by atoms with Gasteiger partial charge in [0.1, 0.15) is 0 Å². The number of Topliss-reactive ketones (excluding diaryl/α,β-unsaturated/α-hetero) is 2. The number of hydrogen-bond acceptors (Lipinski definition) is 2. The molecule has 0 aromatic heterocycles. The van der Waals surface area contributed by atoms with Crippen molar-refractivity contribution in [1.29, 1.82) is 0 Å². The predicted octanol–water partition coefficient (Wildman–Crippen LogP) is 1.77. The van der Waals surface area contributed by atoms with Crippen LogP contribution in [0.4, 0.5) is 0 Å². The first-order chi connectivity index (χ1) is 5.61. The van der Waals surface area contributed by atoms with E-state index in [-0.39, 0.29) is 0 Å². The number of aryl methyl sites for hydroxylation is 1. The molecule has 0 spiro atoms. The lowest BCUT2D eigenvalue weighted by molar-refractivity contribution is -0.113. The number of carbonyl (C=O) groups is 2. The van der Waals surface area contributed by atoms with E-state index in [1.54, 1.807) is 12.1 Å². The molecule has 1 aromatic rings. The standard InChI is InChI=1S/C10H10O2/c1-7-3-5-9(6-4-7)10(12)8(2)11/h3-6H,1-2H3. The van der Waals surface area contributed by atoms with Gasteiger partial charge < -0.3 is 0 Å².